The van der Waals surface area contributed by atoms with Crippen molar-refractivity contribution in [3.05, 3.63) is 11.8 Å². The van der Waals surface area contributed by atoms with Crippen molar-refractivity contribution in [3.63, 3.8) is 0 Å². The van der Waals surface area contributed by atoms with Crippen molar-refractivity contribution in [1.29, 1.82) is 0 Å². The van der Waals surface area contributed by atoms with E-state index in [1.54, 1.807) is 17.9 Å². The first-order chi connectivity index (χ1) is 13.0. The van der Waals surface area contributed by atoms with Crippen LogP contribution >= 0.6 is 0 Å². The average molecular weight is 377 g/mol. The zero-order chi connectivity index (χ0) is 19.4. The number of likely N-dealkylation sites (N-methyl/N-ethyl adjacent to an activating group) is 1. The largest absolute Gasteiger partial charge is 0.479 e. The van der Waals surface area contributed by atoms with E-state index in [0.717, 1.165) is 12.8 Å². The molecule has 2 amide bonds. The number of hydrogen-bond acceptors (Lipinski definition) is 4. The molecule has 1 aliphatic heterocycles. The van der Waals surface area contributed by atoms with Gasteiger partial charge in [0.25, 0.3) is 5.91 Å². The Morgan fingerprint density at radius 1 is 1.22 bits per heavy atom. The standard InChI is InChI=1S/C20H32N4O3/c1-22-14-17(19(21-22)27-3)20(26)24-11-7-10-16(13-24)23(2)18(25)12-15-8-5-4-6-9-15/h14-16H,4-13H2,1-3H3. The molecule has 1 aromatic heterocycles. The van der Waals surface area contributed by atoms with Gasteiger partial charge in [0.2, 0.25) is 11.8 Å². The molecule has 7 nitrogen and oxygen atoms in total. The molecule has 150 valence electrons. The van der Waals surface area contributed by atoms with E-state index in [1.807, 2.05) is 16.8 Å². The van der Waals surface area contributed by atoms with Crippen molar-refractivity contribution in [2.45, 2.75) is 57.4 Å². The summed E-state index contributed by atoms with van der Waals surface area (Å²) in [6, 6.07) is 0.0847. The van der Waals surface area contributed by atoms with Crippen molar-refractivity contribution >= 4 is 11.8 Å². The molecule has 7 heteroatoms. The van der Waals surface area contributed by atoms with Crippen molar-refractivity contribution < 1.29 is 14.3 Å². The topological polar surface area (TPSA) is 67.7 Å². The van der Waals surface area contributed by atoms with Gasteiger partial charge in [0.05, 0.1) is 7.11 Å². The SMILES string of the molecule is COc1nn(C)cc1C(=O)N1CCCC(N(C)C(=O)CC2CCCCC2)C1. The molecule has 0 radical (unpaired) electrons. The van der Waals surface area contributed by atoms with Gasteiger partial charge in [-0.2, -0.15) is 0 Å². The highest BCUT2D eigenvalue weighted by molar-refractivity contribution is 5.96. The molecule has 2 aliphatic rings. The highest BCUT2D eigenvalue weighted by atomic mass is 16.5. The van der Waals surface area contributed by atoms with Crippen LogP contribution in [0.3, 0.4) is 0 Å². The molecule has 1 unspecified atom stereocenters. The number of rotatable bonds is 5. The normalized spacial score (nSPS) is 21.1. The third-order valence-corrected chi connectivity index (χ3v) is 6.03. The molecular weight excluding hydrogens is 344 g/mol. The van der Waals surface area contributed by atoms with Crippen LogP contribution in [0, 0.1) is 5.92 Å². The molecule has 1 saturated heterocycles. The van der Waals surface area contributed by atoms with Gasteiger partial charge in [-0.1, -0.05) is 19.3 Å². The van der Waals surface area contributed by atoms with E-state index in [2.05, 4.69) is 5.10 Å². The number of carbonyl (C=O) groups excluding carboxylic acids is 2. The highest BCUT2D eigenvalue weighted by Crippen LogP contribution is 2.28. The third kappa shape index (κ3) is 4.62. The van der Waals surface area contributed by atoms with E-state index >= 15 is 0 Å². The van der Waals surface area contributed by atoms with Crippen LogP contribution in [0.4, 0.5) is 0 Å². The molecule has 1 aromatic rings. The van der Waals surface area contributed by atoms with Gasteiger partial charge >= 0.3 is 0 Å². The molecule has 2 heterocycles. The fourth-order valence-corrected chi connectivity index (χ4v) is 4.38. The third-order valence-electron chi connectivity index (χ3n) is 6.03. The number of amides is 2. The minimum Gasteiger partial charge on any atom is -0.479 e. The predicted octanol–water partition coefficient (Wildman–Crippen LogP) is 2.46. The molecule has 2 fully saturated rings. The minimum absolute atomic E-state index is 0.0715. The summed E-state index contributed by atoms with van der Waals surface area (Å²) >= 11 is 0. The van der Waals surface area contributed by atoms with Crippen LogP contribution in [-0.4, -0.2) is 64.7 Å². The Morgan fingerprint density at radius 2 is 1.96 bits per heavy atom. The number of carbonyl (C=O) groups is 2. The van der Waals surface area contributed by atoms with E-state index < -0.39 is 0 Å². The Labute approximate surface area is 161 Å². The second kappa shape index (κ2) is 8.76. The minimum atomic E-state index is -0.0715. The molecular formula is C20H32N4O3. The first-order valence-electron chi connectivity index (χ1n) is 10.1. The van der Waals surface area contributed by atoms with Crippen molar-refractivity contribution in [1.82, 2.24) is 19.6 Å². The van der Waals surface area contributed by atoms with Gasteiger partial charge in [-0.05, 0) is 31.6 Å². The number of hydrogen-bond donors (Lipinski definition) is 0. The number of piperidine rings is 1. The molecule has 27 heavy (non-hydrogen) atoms. The lowest BCUT2D eigenvalue weighted by Gasteiger charge is -2.38. The summed E-state index contributed by atoms with van der Waals surface area (Å²) < 4.78 is 6.82. The first kappa shape index (κ1) is 19.7. The van der Waals surface area contributed by atoms with Gasteiger partial charge in [-0.15, -0.1) is 5.10 Å². The van der Waals surface area contributed by atoms with Crippen molar-refractivity contribution in [2.75, 3.05) is 27.2 Å². The predicted molar refractivity (Wildman–Crippen MR) is 103 cm³/mol. The maximum Gasteiger partial charge on any atom is 0.261 e. The summed E-state index contributed by atoms with van der Waals surface area (Å²) in [5.74, 6) is 1.04. The fourth-order valence-electron chi connectivity index (χ4n) is 4.38. The summed E-state index contributed by atoms with van der Waals surface area (Å²) in [6.07, 6.45) is 10.4. The fraction of sp³-hybridized carbons (Fsp3) is 0.750. The van der Waals surface area contributed by atoms with E-state index in [1.165, 1.54) is 39.2 Å². The number of methoxy groups -OCH3 is 1. The van der Waals surface area contributed by atoms with Gasteiger partial charge in [-0.3, -0.25) is 14.3 Å². The summed E-state index contributed by atoms with van der Waals surface area (Å²) in [5, 5.41) is 4.17. The lowest BCUT2D eigenvalue weighted by Crippen LogP contribution is -2.50. The van der Waals surface area contributed by atoms with Crippen LogP contribution in [0.15, 0.2) is 6.20 Å². The van der Waals surface area contributed by atoms with Gasteiger partial charge in [0.1, 0.15) is 5.56 Å². The smallest absolute Gasteiger partial charge is 0.261 e. The van der Waals surface area contributed by atoms with Crippen LogP contribution in [0.25, 0.3) is 0 Å². The molecule has 1 saturated carbocycles. The van der Waals surface area contributed by atoms with Crippen LogP contribution < -0.4 is 4.74 Å². The summed E-state index contributed by atoms with van der Waals surface area (Å²) in [6.45, 7) is 1.28. The van der Waals surface area contributed by atoms with Crippen LogP contribution in [0.1, 0.15) is 61.7 Å². The first-order valence-corrected chi connectivity index (χ1v) is 10.1. The van der Waals surface area contributed by atoms with Crippen LogP contribution in [-0.2, 0) is 11.8 Å². The average Bonchev–Trinajstić information content (AvgIpc) is 3.08. The Kier molecular flexibility index (Phi) is 6.39. The Morgan fingerprint density at radius 3 is 2.67 bits per heavy atom. The molecule has 0 aromatic carbocycles. The molecule has 0 N–H and O–H groups in total. The maximum atomic E-state index is 12.9. The number of nitrogens with zero attached hydrogens (tertiary/aromatic N) is 4. The molecule has 0 spiro atoms. The number of aryl methyl sites for hydroxylation is 1. The summed E-state index contributed by atoms with van der Waals surface area (Å²) in [7, 11) is 5.19. The van der Waals surface area contributed by atoms with Gasteiger partial charge in [0, 0.05) is 45.8 Å². The molecule has 1 aliphatic carbocycles. The van der Waals surface area contributed by atoms with Crippen molar-refractivity contribution in [2.24, 2.45) is 13.0 Å². The summed E-state index contributed by atoms with van der Waals surface area (Å²) in [5.41, 5.74) is 0.483. The quantitative estimate of drug-likeness (QED) is 0.792. The van der Waals surface area contributed by atoms with Gasteiger partial charge in [-0.25, -0.2) is 0 Å². The Hall–Kier alpha value is -2.05. The monoisotopic (exact) mass is 376 g/mol. The van der Waals surface area contributed by atoms with E-state index in [0.29, 0.717) is 36.9 Å². The van der Waals surface area contributed by atoms with E-state index in [-0.39, 0.29) is 17.9 Å². The number of likely N-dealkylation sites (tertiary alicyclic amines) is 1. The summed E-state index contributed by atoms with van der Waals surface area (Å²) in [4.78, 5) is 29.4. The van der Waals surface area contributed by atoms with Crippen molar-refractivity contribution in [3.8, 4) is 5.88 Å². The maximum absolute atomic E-state index is 12.9. The van der Waals surface area contributed by atoms with E-state index in [4.69, 9.17) is 4.74 Å². The zero-order valence-corrected chi connectivity index (χ0v) is 16.8. The van der Waals surface area contributed by atoms with E-state index in [9.17, 15) is 9.59 Å². The van der Waals surface area contributed by atoms with Gasteiger partial charge in [0.15, 0.2) is 0 Å². The highest BCUT2D eigenvalue weighted by Gasteiger charge is 2.31. The molecule has 1 atom stereocenters. The van der Waals surface area contributed by atoms with Gasteiger partial charge < -0.3 is 14.5 Å². The lowest BCUT2D eigenvalue weighted by molar-refractivity contribution is -0.134. The molecule has 3 rings (SSSR count). The Balaban J connectivity index is 1.60. The van der Waals surface area contributed by atoms with Crippen LogP contribution in [0.5, 0.6) is 5.88 Å². The Bertz CT molecular complexity index is 666. The second-order valence-corrected chi connectivity index (χ2v) is 7.99. The second-order valence-electron chi connectivity index (χ2n) is 7.99. The lowest BCUT2D eigenvalue weighted by atomic mass is 9.86. The number of aromatic nitrogens is 2. The van der Waals surface area contributed by atoms with Crippen LogP contribution in [0.2, 0.25) is 0 Å². The molecule has 0 bridgehead atoms. The number of ether oxygens (including phenoxy) is 1. The zero-order valence-electron chi connectivity index (χ0n) is 16.8.